The molecule has 26 heavy (non-hydrogen) atoms. The van der Waals surface area contributed by atoms with Crippen LogP contribution in [0.4, 0.5) is 0 Å². The third-order valence-electron chi connectivity index (χ3n) is 3.73. The summed E-state index contributed by atoms with van der Waals surface area (Å²) in [5.74, 6) is 0.944. The van der Waals surface area contributed by atoms with Gasteiger partial charge in [-0.05, 0) is 42.3 Å². The molecule has 0 aromatic heterocycles. The molecule has 0 aliphatic carbocycles. The molecule has 0 heterocycles. The van der Waals surface area contributed by atoms with Crippen LogP contribution in [-0.2, 0) is 6.42 Å². The van der Waals surface area contributed by atoms with Gasteiger partial charge in [-0.1, -0.05) is 60.7 Å². The van der Waals surface area contributed by atoms with Crippen LogP contribution in [0, 0.1) is 0 Å². The van der Waals surface area contributed by atoms with E-state index in [1.165, 1.54) is 15.4 Å². The van der Waals surface area contributed by atoms with E-state index in [0.29, 0.717) is 6.61 Å². The maximum Gasteiger partial charge on any atom is 0.122 e. The van der Waals surface area contributed by atoms with E-state index in [9.17, 15) is 0 Å². The zero-order valence-electron chi connectivity index (χ0n) is 14.6. The first-order valence-electron chi connectivity index (χ1n) is 8.60. The topological polar surface area (TPSA) is 9.23 Å². The largest absolute Gasteiger partial charge is 0.491 e. The molecular weight excluding hydrogens is 356 g/mol. The van der Waals surface area contributed by atoms with Crippen LogP contribution in [0.15, 0.2) is 107 Å². The normalized spacial score (nSPS) is 10.7. The molecule has 3 aromatic rings. The first kappa shape index (κ1) is 18.7. The monoisotopic (exact) mass is 378 g/mol. The van der Waals surface area contributed by atoms with Gasteiger partial charge in [0.2, 0.25) is 0 Å². The molecule has 132 valence electrons. The fourth-order valence-electron chi connectivity index (χ4n) is 2.52. The van der Waals surface area contributed by atoms with Crippen LogP contribution in [0.2, 0.25) is 0 Å². The van der Waals surface area contributed by atoms with Crippen LogP contribution in [0.3, 0.4) is 0 Å². The Balaban J connectivity index is 1.72. The summed E-state index contributed by atoms with van der Waals surface area (Å²) < 4.78 is 6.47. The van der Waals surface area contributed by atoms with Crippen molar-refractivity contribution in [1.82, 2.24) is 0 Å². The SMILES string of the molecule is C=CCc1ccccc1OCC(Sc1ccccc1)Sc1ccccc1. The molecule has 3 aromatic carbocycles. The summed E-state index contributed by atoms with van der Waals surface area (Å²) in [4.78, 5) is 2.51. The smallest absolute Gasteiger partial charge is 0.122 e. The summed E-state index contributed by atoms with van der Waals surface area (Å²) in [7, 11) is 0. The van der Waals surface area contributed by atoms with E-state index in [-0.39, 0.29) is 4.58 Å². The van der Waals surface area contributed by atoms with Gasteiger partial charge in [0.25, 0.3) is 0 Å². The van der Waals surface area contributed by atoms with Gasteiger partial charge in [-0.2, -0.15) is 0 Å². The second-order valence-corrected chi connectivity index (χ2v) is 8.55. The number of benzene rings is 3. The van der Waals surface area contributed by atoms with Gasteiger partial charge in [-0.3, -0.25) is 0 Å². The summed E-state index contributed by atoms with van der Waals surface area (Å²) in [6.45, 7) is 4.47. The quantitative estimate of drug-likeness (QED) is 0.233. The van der Waals surface area contributed by atoms with Gasteiger partial charge in [0.15, 0.2) is 0 Å². The molecule has 0 N–H and O–H groups in total. The number of allylic oxidation sites excluding steroid dienone is 1. The molecule has 0 aliphatic heterocycles. The van der Waals surface area contributed by atoms with Crippen LogP contribution in [0.1, 0.15) is 5.56 Å². The van der Waals surface area contributed by atoms with Crippen LogP contribution in [-0.4, -0.2) is 11.2 Å². The second-order valence-electron chi connectivity index (χ2n) is 5.70. The van der Waals surface area contributed by atoms with E-state index >= 15 is 0 Å². The minimum absolute atomic E-state index is 0.261. The summed E-state index contributed by atoms with van der Waals surface area (Å²) in [6.07, 6.45) is 2.73. The molecule has 1 nitrogen and oxygen atoms in total. The number of rotatable bonds is 9. The molecule has 3 heteroatoms. The zero-order chi connectivity index (χ0) is 18.0. The highest BCUT2D eigenvalue weighted by Gasteiger charge is 2.14. The van der Waals surface area contributed by atoms with Gasteiger partial charge in [0, 0.05) is 9.79 Å². The van der Waals surface area contributed by atoms with Crippen molar-refractivity contribution in [3.05, 3.63) is 103 Å². The predicted octanol–water partition coefficient (Wildman–Crippen LogP) is 6.70. The lowest BCUT2D eigenvalue weighted by molar-refractivity contribution is 0.334. The predicted molar refractivity (Wildman–Crippen MR) is 114 cm³/mol. The molecule has 0 unspecified atom stereocenters. The van der Waals surface area contributed by atoms with Crippen LogP contribution >= 0.6 is 23.5 Å². The van der Waals surface area contributed by atoms with Crippen molar-refractivity contribution in [3.8, 4) is 5.75 Å². The van der Waals surface area contributed by atoms with Gasteiger partial charge in [-0.15, -0.1) is 30.1 Å². The minimum Gasteiger partial charge on any atom is -0.491 e. The molecular formula is C23H22OS2. The number of hydrogen-bond acceptors (Lipinski definition) is 3. The average molecular weight is 379 g/mol. The van der Waals surface area contributed by atoms with Crippen LogP contribution in [0.5, 0.6) is 5.75 Å². The minimum atomic E-state index is 0.261. The Kier molecular flexibility index (Phi) is 7.29. The molecule has 3 rings (SSSR count). The second kappa shape index (κ2) is 10.1. The van der Waals surface area contributed by atoms with E-state index in [1.807, 2.05) is 59.9 Å². The zero-order valence-corrected chi connectivity index (χ0v) is 16.2. The standard InChI is InChI=1S/C23H22OS2/c1-2-11-19-12-9-10-17-22(19)24-18-23(25-20-13-5-3-6-14-20)26-21-15-7-4-8-16-21/h2-10,12-17,23H,1,11,18H2. The summed E-state index contributed by atoms with van der Waals surface area (Å²) in [5.41, 5.74) is 1.18. The third kappa shape index (κ3) is 5.72. The van der Waals surface area contributed by atoms with Crippen molar-refractivity contribution < 1.29 is 4.74 Å². The van der Waals surface area contributed by atoms with Crippen molar-refractivity contribution in [2.75, 3.05) is 6.61 Å². The number of ether oxygens (including phenoxy) is 1. The van der Waals surface area contributed by atoms with Crippen molar-refractivity contribution >= 4 is 23.5 Å². The highest BCUT2D eigenvalue weighted by molar-refractivity contribution is 8.17. The van der Waals surface area contributed by atoms with Gasteiger partial charge in [0.05, 0.1) is 4.58 Å². The average Bonchev–Trinajstić information content (AvgIpc) is 2.69. The van der Waals surface area contributed by atoms with Gasteiger partial charge >= 0.3 is 0 Å². The number of hydrogen-bond donors (Lipinski definition) is 0. The Labute approximate surface area is 164 Å². The Bertz CT molecular complexity index is 761. The van der Waals surface area contributed by atoms with E-state index in [1.54, 1.807) is 0 Å². The summed E-state index contributed by atoms with van der Waals surface area (Å²) >= 11 is 3.68. The fraction of sp³-hybridized carbons (Fsp3) is 0.130. The molecule has 0 saturated heterocycles. The molecule has 0 spiro atoms. The highest BCUT2D eigenvalue weighted by Crippen LogP contribution is 2.36. The Morgan fingerprint density at radius 2 is 1.31 bits per heavy atom. The molecule has 0 radical (unpaired) electrons. The summed E-state index contributed by atoms with van der Waals surface area (Å²) in [6, 6.07) is 29.2. The highest BCUT2D eigenvalue weighted by atomic mass is 32.2. The Morgan fingerprint density at radius 1 is 0.769 bits per heavy atom. The third-order valence-corrected chi connectivity index (χ3v) is 6.20. The van der Waals surface area contributed by atoms with Crippen molar-refractivity contribution in [2.45, 2.75) is 20.8 Å². The van der Waals surface area contributed by atoms with E-state index in [4.69, 9.17) is 4.74 Å². The van der Waals surface area contributed by atoms with Crippen LogP contribution in [0.25, 0.3) is 0 Å². The molecule has 0 amide bonds. The molecule has 0 fully saturated rings. The molecule has 0 aliphatic rings. The fourth-order valence-corrected chi connectivity index (χ4v) is 4.89. The maximum absolute atomic E-state index is 6.21. The van der Waals surface area contributed by atoms with Gasteiger partial charge in [-0.25, -0.2) is 0 Å². The van der Waals surface area contributed by atoms with Gasteiger partial charge < -0.3 is 4.74 Å². The van der Waals surface area contributed by atoms with Crippen molar-refractivity contribution in [1.29, 1.82) is 0 Å². The first-order chi connectivity index (χ1) is 12.8. The lowest BCUT2D eigenvalue weighted by Crippen LogP contribution is -2.11. The molecule has 0 saturated carbocycles. The van der Waals surface area contributed by atoms with Crippen molar-refractivity contribution in [3.63, 3.8) is 0 Å². The Hall–Kier alpha value is -2.10. The Morgan fingerprint density at radius 3 is 1.88 bits per heavy atom. The van der Waals surface area contributed by atoms with Gasteiger partial charge in [0.1, 0.15) is 12.4 Å². The first-order valence-corrected chi connectivity index (χ1v) is 10.4. The molecule has 0 atom stereocenters. The lowest BCUT2D eigenvalue weighted by atomic mass is 10.1. The number of thioether (sulfide) groups is 2. The lowest BCUT2D eigenvalue weighted by Gasteiger charge is -2.18. The van der Waals surface area contributed by atoms with E-state index in [2.05, 4.69) is 61.2 Å². The maximum atomic E-state index is 6.21. The van der Waals surface area contributed by atoms with E-state index < -0.39 is 0 Å². The van der Waals surface area contributed by atoms with Crippen molar-refractivity contribution in [2.24, 2.45) is 0 Å². The summed E-state index contributed by atoms with van der Waals surface area (Å²) in [5, 5.41) is 0. The van der Waals surface area contributed by atoms with Crippen LogP contribution < -0.4 is 4.74 Å². The molecule has 0 bridgehead atoms. The van der Waals surface area contributed by atoms with E-state index in [0.717, 1.165) is 12.2 Å². The number of para-hydroxylation sites is 1.